The van der Waals surface area contributed by atoms with Crippen molar-refractivity contribution in [2.45, 2.75) is 18.9 Å². The number of Topliss-reactive ketones (excluding diaryl/α,β-unsaturated/α-hetero) is 2. The minimum absolute atomic E-state index is 0.0446. The van der Waals surface area contributed by atoms with Gasteiger partial charge in [0.25, 0.3) is 0 Å². The number of aryl methyl sites for hydroxylation is 1. The van der Waals surface area contributed by atoms with Gasteiger partial charge in [-0.2, -0.15) is 5.26 Å². The van der Waals surface area contributed by atoms with Crippen molar-refractivity contribution in [3.63, 3.8) is 0 Å². The van der Waals surface area contributed by atoms with Crippen LogP contribution in [0.25, 0.3) is 11.0 Å². The van der Waals surface area contributed by atoms with E-state index < -0.39 is 11.4 Å². The lowest BCUT2D eigenvalue weighted by Gasteiger charge is -2.07. The summed E-state index contributed by atoms with van der Waals surface area (Å²) in [6, 6.07) is 11.9. The van der Waals surface area contributed by atoms with E-state index in [9.17, 15) is 19.6 Å². The maximum absolute atomic E-state index is 12.5. The number of hydrogen-bond donors (Lipinski definition) is 0. The minimum atomic E-state index is -0.698. The molecule has 0 aliphatic rings. The second-order valence-electron chi connectivity index (χ2n) is 5.84. The molecule has 3 rings (SSSR count). The second-order valence-corrected chi connectivity index (χ2v) is 6.80. The predicted octanol–water partition coefficient (Wildman–Crippen LogP) is 3.55. The Hall–Kier alpha value is -3.24. The Kier molecular flexibility index (Phi) is 5.19. The van der Waals surface area contributed by atoms with Crippen LogP contribution in [0.4, 0.5) is 0 Å². The van der Waals surface area contributed by atoms with E-state index in [1.807, 2.05) is 6.07 Å². The minimum Gasteiger partial charge on any atom is -0.422 e. The van der Waals surface area contributed by atoms with Gasteiger partial charge in [-0.15, -0.1) is 0 Å². The summed E-state index contributed by atoms with van der Waals surface area (Å²) in [6.45, 7) is 3.07. The van der Waals surface area contributed by atoms with Gasteiger partial charge >= 0.3 is 5.63 Å². The zero-order valence-corrected chi connectivity index (χ0v) is 15.4. The largest absolute Gasteiger partial charge is 0.422 e. The van der Waals surface area contributed by atoms with Gasteiger partial charge in [0.05, 0.1) is 11.3 Å². The highest BCUT2D eigenvalue weighted by Gasteiger charge is 2.17. The first-order valence-electron chi connectivity index (χ1n) is 8.02. The summed E-state index contributed by atoms with van der Waals surface area (Å²) in [7, 11) is 0. The van der Waals surface area contributed by atoms with Crippen LogP contribution in [0.15, 0.2) is 50.6 Å². The number of ketones is 2. The zero-order chi connectivity index (χ0) is 19.6. The van der Waals surface area contributed by atoms with Crippen molar-refractivity contribution >= 4 is 34.3 Å². The molecule has 0 spiro atoms. The molecule has 27 heavy (non-hydrogen) atoms. The molecule has 0 amide bonds. The van der Waals surface area contributed by atoms with Crippen molar-refractivity contribution in [1.29, 1.82) is 5.26 Å². The first-order valence-corrected chi connectivity index (χ1v) is 9.01. The molecule has 0 N–H and O–H groups in total. The maximum Gasteiger partial charge on any atom is 0.347 e. The summed E-state index contributed by atoms with van der Waals surface area (Å²) in [5, 5.41) is 10.3. The number of thioether (sulfide) groups is 1. The van der Waals surface area contributed by atoms with E-state index >= 15 is 0 Å². The van der Waals surface area contributed by atoms with Crippen LogP contribution in [0.1, 0.15) is 38.9 Å². The molecule has 0 saturated heterocycles. The summed E-state index contributed by atoms with van der Waals surface area (Å²) in [4.78, 5) is 40.4. The number of fused-ring (bicyclic) bond motifs is 1. The molecular weight excluding hydrogens is 364 g/mol. The summed E-state index contributed by atoms with van der Waals surface area (Å²) < 4.78 is 5.18. The number of carbonyl (C=O) groups excluding carboxylic acids is 2. The molecule has 134 valence electrons. The van der Waals surface area contributed by atoms with Crippen molar-refractivity contribution in [2.75, 3.05) is 5.75 Å². The second kappa shape index (κ2) is 7.56. The normalized spacial score (nSPS) is 10.6. The number of aromatic nitrogens is 1. The van der Waals surface area contributed by atoms with Crippen LogP contribution in [0.5, 0.6) is 0 Å². The third kappa shape index (κ3) is 3.81. The van der Waals surface area contributed by atoms with Crippen molar-refractivity contribution in [3.05, 3.63) is 69.2 Å². The molecule has 3 aromatic rings. The number of pyridine rings is 1. The van der Waals surface area contributed by atoms with E-state index in [2.05, 4.69) is 4.98 Å². The van der Waals surface area contributed by atoms with Crippen LogP contribution >= 0.6 is 11.8 Å². The lowest BCUT2D eigenvalue weighted by atomic mass is 10.1. The molecule has 0 aliphatic carbocycles. The van der Waals surface area contributed by atoms with Gasteiger partial charge in [0, 0.05) is 16.6 Å². The third-order valence-corrected chi connectivity index (χ3v) is 4.95. The molecule has 0 fully saturated rings. The van der Waals surface area contributed by atoms with Crippen LogP contribution in [0, 0.1) is 18.3 Å². The first-order chi connectivity index (χ1) is 12.9. The van der Waals surface area contributed by atoms with E-state index in [0.717, 1.165) is 11.8 Å². The molecule has 0 saturated carbocycles. The van der Waals surface area contributed by atoms with Crippen LogP contribution in [0.2, 0.25) is 0 Å². The molecular formula is C20H14N2O4S. The summed E-state index contributed by atoms with van der Waals surface area (Å²) >= 11 is 1.05. The standard InChI is InChI=1S/C20H14N2O4S/c1-11-15(12(2)23)8-14(9-21)19(22-11)27-10-17(24)16-7-13-5-3-4-6-18(13)26-20(16)25/h3-8H,10H2,1-2H3. The lowest BCUT2D eigenvalue weighted by molar-refractivity contribution is 0.100. The molecule has 7 heteroatoms. The Morgan fingerprint density at radius 2 is 1.96 bits per heavy atom. The quantitative estimate of drug-likeness (QED) is 0.380. The Balaban J connectivity index is 1.87. The van der Waals surface area contributed by atoms with Crippen LogP contribution in [-0.2, 0) is 0 Å². The Bertz CT molecular complexity index is 1170. The first kappa shape index (κ1) is 18.5. The number of hydrogen-bond acceptors (Lipinski definition) is 7. The number of benzene rings is 1. The van der Waals surface area contributed by atoms with Gasteiger partial charge in [0.1, 0.15) is 22.2 Å². The van der Waals surface area contributed by atoms with Crippen molar-refractivity contribution in [1.82, 2.24) is 4.98 Å². The number of nitrogens with zero attached hydrogens (tertiary/aromatic N) is 2. The average Bonchev–Trinajstić information content (AvgIpc) is 2.65. The monoisotopic (exact) mass is 378 g/mol. The Morgan fingerprint density at radius 3 is 2.67 bits per heavy atom. The van der Waals surface area contributed by atoms with E-state index in [1.165, 1.54) is 19.1 Å². The highest BCUT2D eigenvalue weighted by Crippen LogP contribution is 2.24. The molecule has 0 radical (unpaired) electrons. The van der Waals surface area contributed by atoms with E-state index in [4.69, 9.17) is 4.42 Å². The number of rotatable bonds is 5. The van der Waals surface area contributed by atoms with Crippen LogP contribution < -0.4 is 5.63 Å². The molecule has 0 atom stereocenters. The molecule has 6 nitrogen and oxygen atoms in total. The fourth-order valence-corrected chi connectivity index (χ4v) is 3.48. The third-order valence-electron chi connectivity index (χ3n) is 3.96. The Labute approximate surface area is 158 Å². The van der Waals surface area contributed by atoms with Gasteiger partial charge in [-0.1, -0.05) is 30.0 Å². The smallest absolute Gasteiger partial charge is 0.347 e. The lowest BCUT2D eigenvalue weighted by Crippen LogP contribution is -2.15. The van der Waals surface area contributed by atoms with Crippen molar-refractivity contribution < 1.29 is 14.0 Å². The van der Waals surface area contributed by atoms with Gasteiger partial charge in [-0.3, -0.25) is 9.59 Å². The van der Waals surface area contributed by atoms with Gasteiger partial charge in [-0.05, 0) is 32.0 Å². The summed E-state index contributed by atoms with van der Waals surface area (Å²) in [6.07, 6.45) is 0. The number of carbonyl (C=O) groups is 2. The van der Waals surface area contributed by atoms with Gasteiger partial charge in [0.2, 0.25) is 0 Å². The zero-order valence-electron chi connectivity index (χ0n) is 14.6. The van der Waals surface area contributed by atoms with E-state index in [1.54, 1.807) is 31.2 Å². The topological polar surface area (TPSA) is 101 Å². The van der Waals surface area contributed by atoms with Crippen LogP contribution in [-0.4, -0.2) is 22.3 Å². The van der Waals surface area contributed by atoms with Gasteiger partial charge < -0.3 is 4.42 Å². The van der Waals surface area contributed by atoms with E-state index in [0.29, 0.717) is 27.3 Å². The molecule has 1 aromatic carbocycles. The predicted molar refractivity (Wildman–Crippen MR) is 101 cm³/mol. The van der Waals surface area contributed by atoms with E-state index in [-0.39, 0.29) is 22.7 Å². The fraction of sp³-hybridized carbons (Fsp3) is 0.150. The SMILES string of the molecule is CC(=O)c1cc(C#N)c(SCC(=O)c2cc3ccccc3oc2=O)nc1C. The van der Waals surface area contributed by atoms with Gasteiger partial charge in [-0.25, -0.2) is 9.78 Å². The molecule has 2 heterocycles. The van der Waals surface area contributed by atoms with Crippen molar-refractivity contribution in [3.8, 4) is 6.07 Å². The molecule has 2 aromatic heterocycles. The van der Waals surface area contributed by atoms with Crippen LogP contribution in [0.3, 0.4) is 0 Å². The maximum atomic E-state index is 12.5. The molecule has 0 bridgehead atoms. The van der Waals surface area contributed by atoms with Gasteiger partial charge in [0.15, 0.2) is 11.6 Å². The van der Waals surface area contributed by atoms with Crippen molar-refractivity contribution in [2.24, 2.45) is 0 Å². The highest BCUT2D eigenvalue weighted by atomic mass is 32.2. The number of para-hydroxylation sites is 1. The fourth-order valence-electron chi connectivity index (χ4n) is 2.60. The molecule has 0 aliphatic heterocycles. The summed E-state index contributed by atoms with van der Waals surface area (Å²) in [5.41, 5.74) is 0.747. The molecule has 0 unspecified atom stereocenters. The average molecular weight is 378 g/mol. The summed E-state index contributed by atoms with van der Waals surface area (Å²) in [5.74, 6) is -0.680. The Morgan fingerprint density at radius 1 is 1.22 bits per heavy atom. The number of nitriles is 1. The highest BCUT2D eigenvalue weighted by molar-refractivity contribution is 8.00.